The van der Waals surface area contributed by atoms with Crippen LogP contribution >= 0.6 is 15.9 Å². The Morgan fingerprint density at radius 3 is 2.72 bits per heavy atom. The molecule has 1 aliphatic heterocycles. The number of amides is 1. The average molecular weight is 424 g/mol. The van der Waals surface area contributed by atoms with Gasteiger partial charge in [0, 0.05) is 22.4 Å². The molecular weight excluding hydrogens is 406 g/mol. The molecule has 0 saturated carbocycles. The molecule has 0 unspecified atom stereocenters. The quantitative estimate of drug-likeness (QED) is 0.789. The highest BCUT2D eigenvalue weighted by Gasteiger charge is 2.23. The normalized spacial score (nSPS) is 13.6. The molecule has 1 amide bonds. The van der Waals surface area contributed by atoms with Gasteiger partial charge in [-0.15, -0.1) is 0 Å². The number of nitrogens with two attached hydrogens (primary N) is 1. The molecule has 3 N–H and O–H groups in total. The standard InChI is InChI=1S/C17H18BrN3O3S/c1-11-8-13(18)3-5-15(11)20-17(22)10-21-7-6-12-2-4-14(9-16(12)21)25(19,23)24/h2-5,8-9H,6-7,10H2,1H3,(H,20,22)(H2,19,23,24). The molecule has 1 aliphatic rings. The number of nitrogens with one attached hydrogen (secondary N) is 1. The van der Waals surface area contributed by atoms with Crippen molar-refractivity contribution in [2.75, 3.05) is 23.3 Å². The van der Waals surface area contributed by atoms with E-state index in [-0.39, 0.29) is 17.3 Å². The Kier molecular flexibility index (Phi) is 4.86. The molecule has 2 aromatic rings. The monoisotopic (exact) mass is 423 g/mol. The second-order valence-electron chi connectivity index (χ2n) is 6.01. The molecule has 0 spiro atoms. The van der Waals surface area contributed by atoms with Crippen LogP contribution in [0, 0.1) is 6.92 Å². The molecule has 0 bridgehead atoms. The van der Waals surface area contributed by atoms with Gasteiger partial charge in [-0.2, -0.15) is 0 Å². The van der Waals surface area contributed by atoms with Crippen LogP contribution in [0.2, 0.25) is 0 Å². The van der Waals surface area contributed by atoms with E-state index in [1.54, 1.807) is 6.07 Å². The molecule has 0 aromatic heterocycles. The summed E-state index contributed by atoms with van der Waals surface area (Å²) in [6, 6.07) is 10.4. The lowest BCUT2D eigenvalue weighted by atomic mass is 10.2. The number of aryl methyl sites for hydroxylation is 1. The van der Waals surface area contributed by atoms with Crippen molar-refractivity contribution in [3.63, 3.8) is 0 Å². The Labute approximate surface area is 155 Å². The van der Waals surface area contributed by atoms with Gasteiger partial charge in [-0.25, -0.2) is 13.6 Å². The largest absolute Gasteiger partial charge is 0.362 e. The van der Waals surface area contributed by atoms with Crippen LogP contribution in [0.1, 0.15) is 11.1 Å². The molecule has 0 fully saturated rings. The summed E-state index contributed by atoms with van der Waals surface area (Å²) in [7, 11) is -3.77. The number of carbonyl (C=O) groups excluding carboxylic acids is 1. The predicted octanol–water partition coefficient (Wildman–Crippen LogP) is 2.41. The average Bonchev–Trinajstić information content (AvgIpc) is 2.91. The molecule has 8 heteroatoms. The number of fused-ring (bicyclic) bond motifs is 1. The number of hydrogen-bond acceptors (Lipinski definition) is 4. The highest BCUT2D eigenvalue weighted by molar-refractivity contribution is 9.10. The maximum absolute atomic E-state index is 12.4. The summed E-state index contributed by atoms with van der Waals surface area (Å²) in [4.78, 5) is 14.3. The van der Waals surface area contributed by atoms with E-state index < -0.39 is 10.0 Å². The fraction of sp³-hybridized carbons (Fsp3) is 0.235. The number of anilines is 2. The van der Waals surface area contributed by atoms with Crippen molar-refractivity contribution in [2.24, 2.45) is 5.14 Å². The van der Waals surface area contributed by atoms with Crippen molar-refractivity contribution in [1.29, 1.82) is 0 Å². The van der Waals surface area contributed by atoms with Crippen molar-refractivity contribution in [2.45, 2.75) is 18.2 Å². The first kappa shape index (κ1) is 17.9. The Morgan fingerprint density at radius 1 is 1.28 bits per heavy atom. The van der Waals surface area contributed by atoms with Crippen molar-refractivity contribution in [3.05, 3.63) is 52.0 Å². The van der Waals surface area contributed by atoms with E-state index in [1.165, 1.54) is 12.1 Å². The first-order valence-electron chi connectivity index (χ1n) is 7.71. The molecule has 25 heavy (non-hydrogen) atoms. The highest BCUT2D eigenvalue weighted by Crippen LogP contribution is 2.30. The van der Waals surface area contributed by atoms with E-state index in [9.17, 15) is 13.2 Å². The van der Waals surface area contributed by atoms with Crippen molar-refractivity contribution >= 4 is 43.2 Å². The second-order valence-corrected chi connectivity index (χ2v) is 8.49. The van der Waals surface area contributed by atoms with Crippen LogP contribution in [-0.4, -0.2) is 27.4 Å². The smallest absolute Gasteiger partial charge is 0.243 e. The molecule has 2 aromatic carbocycles. The zero-order chi connectivity index (χ0) is 18.2. The summed E-state index contributed by atoms with van der Waals surface area (Å²) in [5, 5.41) is 8.09. The first-order valence-corrected chi connectivity index (χ1v) is 10.0. The van der Waals surface area contributed by atoms with Gasteiger partial charge in [-0.3, -0.25) is 4.79 Å². The molecule has 6 nitrogen and oxygen atoms in total. The lowest BCUT2D eigenvalue weighted by molar-refractivity contribution is -0.115. The van der Waals surface area contributed by atoms with Crippen LogP contribution in [0.25, 0.3) is 0 Å². The number of primary sulfonamides is 1. The van der Waals surface area contributed by atoms with E-state index in [1.807, 2.05) is 30.0 Å². The fourth-order valence-corrected chi connectivity index (χ4v) is 3.91. The summed E-state index contributed by atoms with van der Waals surface area (Å²) < 4.78 is 24.0. The van der Waals surface area contributed by atoms with Crippen molar-refractivity contribution in [1.82, 2.24) is 0 Å². The number of sulfonamides is 1. The zero-order valence-corrected chi connectivity index (χ0v) is 16.0. The van der Waals surface area contributed by atoms with E-state index in [4.69, 9.17) is 5.14 Å². The SMILES string of the molecule is Cc1cc(Br)ccc1NC(=O)CN1CCc2ccc(S(N)(=O)=O)cc21. The Bertz CT molecular complexity index is 944. The zero-order valence-electron chi connectivity index (χ0n) is 13.6. The minimum Gasteiger partial charge on any atom is -0.362 e. The Morgan fingerprint density at radius 2 is 2.04 bits per heavy atom. The van der Waals surface area contributed by atoms with Crippen LogP contribution in [0.4, 0.5) is 11.4 Å². The summed E-state index contributed by atoms with van der Waals surface area (Å²) in [6.45, 7) is 2.73. The minimum absolute atomic E-state index is 0.0577. The Hall–Kier alpha value is -1.90. The van der Waals surface area contributed by atoms with Gasteiger partial charge in [-0.1, -0.05) is 22.0 Å². The van der Waals surface area contributed by atoms with Crippen LogP contribution in [0.3, 0.4) is 0 Å². The third-order valence-corrected chi connectivity index (χ3v) is 5.58. The number of rotatable bonds is 4. The lowest BCUT2D eigenvalue weighted by Crippen LogP contribution is -2.32. The van der Waals surface area contributed by atoms with E-state index in [0.717, 1.165) is 33.4 Å². The summed E-state index contributed by atoms with van der Waals surface area (Å²) in [5.74, 6) is -0.153. The Balaban J connectivity index is 1.76. The third-order valence-electron chi connectivity index (χ3n) is 4.17. The van der Waals surface area contributed by atoms with Crippen molar-refractivity contribution in [3.8, 4) is 0 Å². The fourth-order valence-electron chi connectivity index (χ4n) is 2.90. The maximum atomic E-state index is 12.4. The number of carbonyl (C=O) groups is 1. The van der Waals surface area contributed by atoms with Gasteiger partial charge < -0.3 is 10.2 Å². The van der Waals surface area contributed by atoms with Crippen LogP contribution in [0.5, 0.6) is 0 Å². The molecule has 0 atom stereocenters. The number of hydrogen-bond donors (Lipinski definition) is 2. The van der Waals surface area contributed by atoms with Gasteiger partial charge in [0.1, 0.15) is 0 Å². The molecular formula is C17H18BrN3O3S. The number of nitrogens with zero attached hydrogens (tertiary/aromatic N) is 1. The summed E-state index contributed by atoms with van der Waals surface area (Å²) in [6.07, 6.45) is 0.769. The summed E-state index contributed by atoms with van der Waals surface area (Å²) in [5.41, 5.74) is 3.47. The first-order chi connectivity index (χ1) is 11.7. The highest BCUT2D eigenvalue weighted by atomic mass is 79.9. The molecule has 0 aliphatic carbocycles. The molecule has 0 saturated heterocycles. The second kappa shape index (κ2) is 6.78. The third kappa shape index (κ3) is 4.02. The van der Waals surface area contributed by atoms with Crippen LogP contribution in [0.15, 0.2) is 45.8 Å². The van der Waals surface area contributed by atoms with Gasteiger partial charge in [0.25, 0.3) is 0 Å². The minimum atomic E-state index is -3.77. The number of halogens is 1. The topological polar surface area (TPSA) is 92.5 Å². The van der Waals surface area contributed by atoms with Gasteiger partial charge in [0.05, 0.1) is 11.4 Å². The van der Waals surface area contributed by atoms with E-state index in [0.29, 0.717) is 6.54 Å². The predicted molar refractivity (Wildman–Crippen MR) is 101 cm³/mol. The van der Waals surface area contributed by atoms with Gasteiger partial charge in [0.15, 0.2) is 0 Å². The number of benzene rings is 2. The maximum Gasteiger partial charge on any atom is 0.243 e. The molecule has 132 valence electrons. The lowest BCUT2D eigenvalue weighted by Gasteiger charge is -2.19. The molecule has 3 rings (SSSR count). The van der Waals surface area contributed by atoms with Gasteiger partial charge in [0.2, 0.25) is 15.9 Å². The van der Waals surface area contributed by atoms with Crippen LogP contribution in [-0.2, 0) is 21.2 Å². The van der Waals surface area contributed by atoms with E-state index in [2.05, 4.69) is 21.2 Å². The summed E-state index contributed by atoms with van der Waals surface area (Å²) >= 11 is 3.39. The van der Waals surface area contributed by atoms with Crippen LogP contribution < -0.4 is 15.4 Å². The molecule has 0 radical (unpaired) electrons. The van der Waals surface area contributed by atoms with Crippen molar-refractivity contribution < 1.29 is 13.2 Å². The van der Waals surface area contributed by atoms with E-state index >= 15 is 0 Å². The van der Waals surface area contributed by atoms with Gasteiger partial charge in [-0.05, 0) is 54.8 Å². The molecule has 1 heterocycles. The van der Waals surface area contributed by atoms with Gasteiger partial charge >= 0.3 is 0 Å².